The third kappa shape index (κ3) is 2.19. The van der Waals surface area contributed by atoms with Gasteiger partial charge in [-0.3, -0.25) is 4.79 Å². The average Bonchev–Trinajstić information content (AvgIpc) is 2.81. The molecule has 0 aliphatic carbocycles. The van der Waals surface area contributed by atoms with E-state index in [2.05, 4.69) is 11.1 Å². The van der Waals surface area contributed by atoms with Crippen LogP contribution in [0.3, 0.4) is 0 Å². The molecule has 105 valence electrons. The zero-order chi connectivity index (χ0) is 14.3. The highest BCUT2D eigenvalue weighted by atomic mass is 19.3. The second-order valence-electron chi connectivity index (χ2n) is 4.77. The molecule has 0 saturated carbocycles. The molecule has 7 heteroatoms. The normalized spacial score (nSPS) is 18.4. The van der Waals surface area contributed by atoms with Crippen molar-refractivity contribution < 1.29 is 18.0 Å². The molecule has 1 aliphatic heterocycles. The van der Waals surface area contributed by atoms with E-state index in [4.69, 9.17) is 10.2 Å². The van der Waals surface area contributed by atoms with Gasteiger partial charge in [0.05, 0.1) is 5.56 Å². The van der Waals surface area contributed by atoms with Gasteiger partial charge >= 0.3 is 0 Å². The summed E-state index contributed by atoms with van der Waals surface area (Å²) in [6, 6.07) is 6.06. The van der Waals surface area contributed by atoms with Crippen molar-refractivity contribution in [3.8, 4) is 0 Å². The lowest BCUT2D eigenvalue weighted by molar-refractivity contribution is -0.0226. The molecule has 2 aromatic rings. The van der Waals surface area contributed by atoms with Gasteiger partial charge in [-0.15, -0.1) is 0 Å². The first-order valence-electron chi connectivity index (χ1n) is 6.20. The largest absolute Gasteiger partial charge is 0.423 e. The molecule has 1 fully saturated rings. The lowest BCUT2D eigenvalue weighted by Gasteiger charge is -2.30. The number of rotatable bonds is 2. The molecule has 1 aromatic carbocycles. The van der Waals surface area contributed by atoms with Gasteiger partial charge in [-0.1, -0.05) is 0 Å². The van der Waals surface area contributed by atoms with Gasteiger partial charge in [-0.05, 0) is 18.2 Å². The van der Waals surface area contributed by atoms with E-state index in [1.165, 1.54) is 6.07 Å². The number of benzene rings is 1. The highest BCUT2D eigenvalue weighted by Crippen LogP contribution is 2.31. The lowest BCUT2D eigenvalue weighted by atomic mass is 10.1. The summed E-state index contributed by atoms with van der Waals surface area (Å²) in [5.74, 6) is -3.28. The zero-order valence-electron chi connectivity index (χ0n) is 10.5. The number of hydrogen-bond donors (Lipinski definition) is 1. The SMILES string of the molecule is NC(=O)c1[c]ccc2oc(N3CCC(F)(F)CC3)nc12. The number of halogens is 2. The van der Waals surface area contributed by atoms with Crippen LogP contribution >= 0.6 is 0 Å². The summed E-state index contributed by atoms with van der Waals surface area (Å²) in [5, 5.41) is 0. The molecule has 1 aromatic heterocycles. The molecule has 5 nitrogen and oxygen atoms in total. The summed E-state index contributed by atoms with van der Waals surface area (Å²) in [4.78, 5) is 17.1. The van der Waals surface area contributed by atoms with Crippen molar-refractivity contribution in [2.24, 2.45) is 5.73 Å². The number of nitrogens with zero attached hydrogens (tertiary/aromatic N) is 2. The van der Waals surface area contributed by atoms with Gasteiger partial charge in [0, 0.05) is 25.9 Å². The van der Waals surface area contributed by atoms with Crippen LogP contribution in [0.15, 0.2) is 16.5 Å². The third-order valence-corrected chi connectivity index (χ3v) is 3.35. The summed E-state index contributed by atoms with van der Waals surface area (Å²) >= 11 is 0. The van der Waals surface area contributed by atoms with E-state index in [9.17, 15) is 13.6 Å². The molecular weight excluding hydrogens is 268 g/mol. The van der Waals surface area contributed by atoms with Gasteiger partial charge in [0.15, 0.2) is 5.58 Å². The molecule has 2 N–H and O–H groups in total. The molecule has 1 aliphatic rings. The van der Waals surface area contributed by atoms with Crippen LogP contribution in [0.4, 0.5) is 14.8 Å². The summed E-state index contributed by atoms with van der Waals surface area (Å²) < 4.78 is 31.8. The first-order chi connectivity index (χ1) is 9.46. The van der Waals surface area contributed by atoms with Crippen LogP contribution in [0.25, 0.3) is 11.1 Å². The maximum absolute atomic E-state index is 13.1. The Morgan fingerprint density at radius 1 is 1.45 bits per heavy atom. The van der Waals surface area contributed by atoms with Crippen LogP contribution in [0.1, 0.15) is 23.2 Å². The molecule has 0 spiro atoms. The van der Waals surface area contributed by atoms with Crippen molar-refractivity contribution >= 4 is 23.0 Å². The lowest BCUT2D eigenvalue weighted by Crippen LogP contribution is -2.39. The topological polar surface area (TPSA) is 72.4 Å². The van der Waals surface area contributed by atoms with Crippen LogP contribution < -0.4 is 10.6 Å². The number of nitrogens with two attached hydrogens (primary N) is 1. The standard InChI is InChI=1S/C13H12F2N3O2/c14-13(15)4-6-18(7-5-13)12-17-10-8(11(16)19)2-1-3-9(10)20-12/h1,3H,4-7H2,(H2,16,19). The second-order valence-corrected chi connectivity index (χ2v) is 4.77. The molecule has 0 atom stereocenters. The van der Waals surface area contributed by atoms with E-state index >= 15 is 0 Å². The summed E-state index contributed by atoms with van der Waals surface area (Å²) in [6.07, 6.45) is -0.471. The van der Waals surface area contributed by atoms with Gasteiger partial charge in [-0.2, -0.15) is 4.98 Å². The fourth-order valence-corrected chi connectivity index (χ4v) is 2.23. The number of fused-ring (bicyclic) bond motifs is 1. The van der Waals surface area contributed by atoms with Crippen LogP contribution in [0, 0.1) is 6.07 Å². The Balaban J connectivity index is 1.94. The van der Waals surface area contributed by atoms with E-state index in [0.717, 1.165) is 0 Å². The Kier molecular flexibility index (Phi) is 2.84. The minimum absolute atomic E-state index is 0.139. The third-order valence-electron chi connectivity index (χ3n) is 3.35. The van der Waals surface area contributed by atoms with Crippen molar-refractivity contribution in [3.05, 3.63) is 23.8 Å². The molecule has 0 bridgehead atoms. The number of anilines is 1. The Labute approximate surface area is 113 Å². The maximum Gasteiger partial charge on any atom is 0.298 e. The number of amides is 1. The second kappa shape index (κ2) is 4.43. The number of oxazole rings is 1. The predicted molar refractivity (Wildman–Crippen MR) is 67.8 cm³/mol. The predicted octanol–water partition coefficient (Wildman–Crippen LogP) is 1.96. The van der Waals surface area contributed by atoms with Gasteiger partial charge in [0.1, 0.15) is 5.52 Å². The highest BCUT2D eigenvalue weighted by Gasteiger charge is 2.35. The number of carbonyl (C=O) groups is 1. The highest BCUT2D eigenvalue weighted by molar-refractivity contribution is 6.03. The average molecular weight is 280 g/mol. The summed E-state index contributed by atoms with van der Waals surface area (Å²) in [6.45, 7) is 0.324. The van der Waals surface area contributed by atoms with E-state index in [0.29, 0.717) is 11.1 Å². The van der Waals surface area contributed by atoms with Crippen molar-refractivity contribution in [1.29, 1.82) is 0 Å². The fraction of sp³-hybridized carbons (Fsp3) is 0.385. The zero-order valence-corrected chi connectivity index (χ0v) is 10.5. The molecule has 3 rings (SSSR count). The monoisotopic (exact) mass is 280 g/mol. The number of hydrogen-bond acceptors (Lipinski definition) is 4. The van der Waals surface area contributed by atoms with Crippen LogP contribution in [0.2, 0.25) is 0 Å². The minimum Gasteiger partial charge on any atom is -0.423 e. The molecule has 2 heterocycles. The Bertz CT molecular complexity index is 659. The minimum atomic E-state index is -2.63. The molecule has 1 saturated heterocycles. The number of primary amides is 1. The smallest absolute Gasteiger partial charge is 0.298 e. The van der Waals surface area contributed by atoms with Crippen molar-refractivity contribution in [2.45, 2.75) is 18.8 Å². The Morgan fingerprint density at radius 3 is 2.80 bits per heavy atom. The molecular formula is C13H12F2N3O2. The van der Waals surface area contributed by atoms with Gasteiger partial charge < -0.3 is 15.1 Å². The van der Waals surface area contributed by atoms with Crippen LogP contribution in [-0.4, -0.2) is 29.9 Å². The number of piperidine rings is 1. The first-order valence-corrected chi connectivity index (χ1v) is 6.20. The number of alkyl halides is 2. The van der Waals surface area contributed by atoms with Gasteiger partial charge in [0.25, 0.3) is 17.8 Å². The summed E-state index contributed by atoms with van der Waals surface area (Å²) in [5.41, 5.74) is 6.08. The van der Waals surface area contributed by atoms with Gasteiger partial charge in [0.2, 0.25) is 0 Å². The Morgan fingerprint density at radius 2 is 2.15 bits per heavy atom. The first kappa shape index (κ1) is 12.8. The molecule has 20 heavy (non-hydrogen) atoms. The van der Waals surface area contributed by atoms with Crippen LogP contribution in [-0.2, 0) is 0 Å². The van der Waals surface area contributed by atoms with Crippen molar-refractivity contribution in [3.63, 3.8) is 0 Å². The fourth-order valence-electron chi connectivity index (χ4n) is 2.23. The molecule has 1 amide bonds. The number of carbonyl (C=O) groups excluding carboxylic acids is 1. The van der Waals surface area contributed by atoms with E-state index in [1.807, 2.05) is 0 Å². The molecule has 0 unspecified atom stereocenters. The van der Waals surface area contributed by atoms with E-state index in [1.54, 1.807) is 11.0 Å². The van der Waals surface area contributed by atoms with E-state index in [-0.39, 0.29) is 37.5 Å². The number of aromatic nitrogens is 1. The van der Waals surface area contributed by atoms with Crippen LogP contribution in [0.5, 0.6) is 0 Å². The van der Waals surface area contributed by atoms with Gasteiger partial charge in [-0.25, -0.2) is 8.78 Å². The maximum atomic E-state index is 13.1. The molecule has 1 radical (unpaired) electrons. The summed E-state index contributed by atoms with van der Waals surface area (Å²) in [7, 11) is 0. The quantitative estimate of drug-likeness (QED) is 0.912. The van der Waals surface area contributed by atoms with Crippen molar-refractivity contribution in [2.75, 3.05) is 18.0 Å². The Hall–Kier alpha value is -2.18. The van der Waals surface area contributed by atoms with Crippen molar-refractivity contribution in [1.82, 2.24) is 4.98 Å². The van der Waals surface area contributed by atoms with E-state index < -0.39 is 11.8 Å².